The van der Waals surface area contributed by atoms with E-state index in [4.69, 9.17) is 26.2 Å². The largest absolute Gasteiger partial charge is 0.478 e. The molecule has 24 heavy (non-hydrogen) atoms. The molecule has 1 N–H and O–H groups in total. The first-order chi connectivity index (χ1) is 11.4. The van der Waals surface area contributed by atoms with Gasteiger partial charge in [0, 0.05) is 5.69 Å². The van der Waals surface area contributed by atoms with Gasteiger partial charge in [0.2, 0.25) is 0 Å². The lowest BCUT2D eigenvalue weighted by atomic mass is 10.1. The molecule has 0 atom stereocenters. The predicted molar refractivity (Wildman–Crippen MR) is 82.8 cm³/mol. The van der Waals surface area contributed by atoms with E-state index in [0.29, 0.717) is 5.69 Å². The number of carbonyl (C=O) groups excluding carboxylic acids is 2. The van der Waals surface area contributed by atoms with Crippen molar-refractivity contribution in [1.82, 2.24) is 0 Å². The number of hydrogen-bond donors (Lipinski definition) is 1. The van der Waals surface area contributed by atoms with E-state index in [2.05, 4.69) is 4.74 Å². The van der Waals surface area contributed by atoms with Gasteiger partial charge in [-0.1, -0.05) is 11.6 Å². The van der Waals surface area contributed by atoms with Gasteiger partial charge < -0.3 is 24.2 Å². The second-order valence-corrected chi connectivity index (χ2v) is 5.09. The third-order valence-corrected chi connectivity index (χ3v) is 3.64. The molecule has 1 aliphatic heterocycles. The van der Waals surface area contributed by atoms with Crippen LogP contribution >= 0.6 is 11.6 Å². The maximum atomic E-state index is 12.1. The van der Waals surface area contributed by atoms with Crippen molar-refractivity contribution in [3.8, 4) is 0 Å². The maximum Gasteiger partial charge on any atom is 0.355 e. The number of carboxylic acids is 1. The van der Waals surface area contributed by atoms with Gasteiger partial charge >= 0.3 is 17.9 Å². The number of esters is 2. The van der Waals surface area contributed by atoms with Crippen molar-refractivity contribution < 1.29 is 33.7 Å². The average molecular weight is 356 g/mol. The van der Waals surface area contributed by atoms with Crippen LogP contribution in [0, 0.1) is 0 Å². The van der Waals surface area contributed by atoms with Crippen molar-refractivity contribution in [3.05, 3.63) is 40.1 Å². The summed E-state index contributed by atoms with van der Waals surface area (Å²) in [7, 11) is 2.36. The lowest BCUT2D eigenvalue weighted by molar-refractivity contribution is -0.140. The summed E-state index contributed by atoms with van der Waals surface area (Å²) in [5.74, 6) is -2.66. The number of aromatic carboxylic acids is 1. The van der Waals surface area contributed by atoms with Crippen LogP contribution in [-0.4, -0.2) is 50.6 Å². The molecule has 0 radical (unpaired) electrons. The zero-order chi connectivity index (χ0) is 17.9. The van der Waals surface area contributed by atoms with Crippen molar-refractivity contribution in [1.29, 1.82) is 0 Å². The number of carboxylic acid groups (broad SMARTS) is 1. The normalized spacial score (nSPS) is 14.4. The van der Waals surface area contributed by atoms with E-state index in [1.54, 1.807) is 0 Å². The summed E-state index contributed by atoms with van der Waals surface area (Å²) >= 11 is 5.96. The van der Waals surface area contributed by atoms with Crippen LogP contribution < -0.4 is 4.90 Å². The number of halogens is 1. The summed E-state index contributed by atoms with van der Waals surface area (Å²) < 4.78 is 14.7. The molecular formula is C15H14ClNO7. The number of anilines is 1. The smallest absolute Gasteiger partial charge is 0.355 e. The summed E-state index contributed by atoms with van der Waals surface area (Å²) in [6.07, 6.45) is 0. The van der Waals surface area contributed by atoms with E-state index < -0.39 is 17.9 Å². The maximum absolute atomic E-state index is 12.1. The van der Waals surface area contributed by atoms with E-state index in [9.17, 15) is 14.4 Å². The summed E-state index contributed by atoms with van der Waals surface area (Å²) in [6.45, 7) is -0.164. The van der Waals surface area contributed by atoms with Gasteiger partial charge in [-0.3, -0.25) is 0 Å². The molecule has 0 unspecified atom stereocenters. The third kappa shape index (κ3) is 3.34. The fourth-order valence-electron chi connectivity index (χ4n) is 2.19. The van der Waals surface area contributed by atoms with Crippen LogP contribution in [-0.2, 0) is 23.8 Å². The first-order valence-electron chi connectivity index (χ1n) is 6.68. The zero-order valence-electron chi connectivity index (χ0n) is 12.9. The molecule has 1 aliphatic rings. The van der Waals surface area contributed by atoms with Gasteiger partial charge in [0.05, 0.1) is 37.0 Å². The third-order valence-electron chi connectivity index (χ3n) is 3.33. The van der Waals surface area contributed by atoms with E-state index in [0.717, 1.165) is 0 Å². The number of rotatable bonds is 4. The van der Waals surface area contributed by atoms with E-state index in [1.807, 2.05) is 0 Å². The highest BCUT2D eigenvalue weighted by Crippen LogP contribution is 2.30. The van der Waals surface area contributed by atoms with Crippen LogP contribution in [0.15, 0.2) is 29.5 Å². The van der Waals surface area contributed by atoms with Crippen LogP contribution in [0.25, 0.3) is 0 Å². The minimum atomic E-state index is -1.18. The molecule has 0 bridgehead atoms. The summed E-state index contributed by atoms with van der Waals surface area (Å²) in [4.78, 5) is 36.4. The van der Waals surface area contributed by atoms with Crippen molar-refractivity contribution in [3.63, 3.8) is 0 Å². The molecule has 0 saturated heterocycles. The van der Waals surface area contributed by atoms with Gasteiger partial charge in [-0.25, -0.2) is 14.4 Å². The molecule has 0 fully saturated rings. The highest BCUT2D eigenvalue weighted by atomic mass is 35.5. The lowest BCUT2D eigenvalue weighted by Gasteiger charge is -2.31. The number of nitrogens with zero attached hydrogens (tertiary/aromatic N) is 1. The van der Waals surface area contributed by atoms with Crippen LogP contribution in [0.5, 0.6) is 0 Å². The van der Waals surface area contributed by atoms with Crippen molar-refractivity contribution in [2.45, 2.75) is 0 Å². The SMILES string of the molecule is COC(=O)C1=C(C(=O)OC)N(c2ccc(C(=O)O)c(Cl)c2)COC1. The number of methoxy groups -OCH3 is 2. The molecule has 0 saturated carbocycles. The van der Waals surface area contributed by atoms with Crippen molar-refractivity contribution in [2.24, 2.45) is 0 Å². The number of hydrogen-bond acceptors (Lipinski definition) is 7. The Morgan fingerprint density at radius 3 is 2.42 bits per heavy atom. The monoisotopic (exact) mass is 355 g/mol. The Bertz CT molecular complexity index is 729. The van der Waals surface area contributed by atoms with Crippen LogP contribution in [0.4, 0.5) is 5.69 Å². The Morgan fingerprint density at radius 1 is 1.21 bits per heavy atom. The first-order valence-corrected chi connectivity index (χ1v) is 7.06. The van der Waals surface area contributed by atoms with Gasteiger partial charge in [0.15, 0.2) is 0 Å². The van der Waals surface area contributed by atoms with E-state index >= 15 is 0 Å². The Morgan fingerprint density at radius 2 is 1.88 bits per heavy atom. The standard InChI is InChI=1S/C15H14ClNO7/c1-22-14(20)10-6-24-7-17(12(10)15(21)23-2)8-3-4-9(13(18)19)11(16)5-8/h3-5H,6-7H2,1-2H3,(H,18,19). The molecule has 1 heterocycles. The Balaban J connectivity index is 2.54. The number of benzene rings is 1. The van der Waals surface area contributed by atoms with Gasteiger partial charge in [-0.2, -0.15) is 0 Å². The Kier molecular flexibility index (Phi) is 5.42. The molecule has 0 amide bonds. The van der Waals surface area contributed by atoms with Crippen molar-refractivity contribution in [2.75, 3.05) is 32.5 Å². The lowest BCUT2D eigenvalue weighted by Crippen LogP contribution is -2.38. The van der Waals surface area contributed by atoms with E-state index in [1.165, 1.54) is 37.3 Å². The van der Waals surface area contributed by atoms with Gasteiger partial charge in [-0.05, 0) is 18.2 Å². The molecule has 128 valence electrons. The molecular weight excluding hydrogens is 342 g/mol. The summed E-state index contributed by atoms with van der Waals surface area (Å²) in [5.41, 5.74) is 0.227. The number of carbonyl (C=O) groups is 3. The Labute approximate surface area is 142 Å². The second-order valence-electron chi connectivity index (χ2n) is 4.69. The van der Waals surface area contributed by atoms with Gasteiger partial charge in [-0.15, -0.1) is 0 Å². The van der Waals surface area contributed by atoms with Crippen LogP contribution in [0.1, 0.15) is 10.4 Å². The average Bonchev–Trinajstić information content (AvgIpc) is 2.59. The highest BCUT2D eigenvalue weighted by Gasteiger charge is 2.32. The van der Waals surface area contributed by atoms with Crippen LogP contribution in [0.2, 0.25) is 5.02 Å². The Hall–Kier alpha value is -2.58. The highest BCUT2D eigenvalue weighted by molar-refractivity contribution is 6.33. The molecule has 0 aliphatic carbocycles. The topological polar surface area (TPSA) is 102 Å². The van der Waals surface area contributed by atoms with E-state index in [-0.39, 0.29) is 35.2 Å². The number of ether oxygens (including phenoxy) is 3. The minimum Gasteiger partial charge on any atom is -0.478 e. The first kappa shape index (κ1) is 17.8. The summed E-state index contributed by atoms with van der Waals surface area (Å²) in [6, 6.07) is 4.10. The van der Waals surface area contributed by atoms with Crippen molar-refractivity contribution >= 4 is 35.2 Å². The predicted octanol–water partition coefficient (Wildman–Crippen LogP) is 1.43. The molecule has 2 rings (SSSR count). The van der Waals surface area contributed by atoms with Gasteiger partial charge in [0.25, 0.3) is 0 Å². The zero-order valence-corrected chi connectivity index (χ0v) is 13.6. The summed E-state index contributed by atoms with van der Waals surface area (Å²) in [5, 5.41) is 9.01. The quantitative estimate of drug-likeness (QED) is 0.809. The second kappa shape index (κ2) is 7.33. The fraction of sp³-hybridized carbons (Fsp3) is 0.267. The molecule has 1 aromatic rings. The molecule has 8 nitrogen and oxygen atoms in total. The molecule has 0 aromatic heterocycles. The molecule has 1 aromatic carbocycles. The molecule has 0 spiro atoms. The van der Waals surface area contributed by atoms with Gasteiger partial charge in [0.1, 0.15) is 12.4 Å². The van der Waals surface area contributed by atoms with Crippen LogP contribution in [0.3, 0.4) is 0 Å². The fourth-order valence-corrected chi connectivity index (χ4v) is 2.45. The minimum absolute atomic E-state index is 0.00552. The molecule has 9 heteroatoms.